The quantitative estimate of drug-likeness (QED) is 0.842. The molecule has 0 saturated carbocycles. The first kappa shape index (κ1) is 17.0. The molecular weight excluding hydrogens is 314 g/mol. The summed E-state index contributed by atoms with van der Waals surface area (Å²) in [5.74, 6) is 0.979. The fourth-order valence-corrected chi connectivity index (χ4v) is 4.77. The highest BCUT2D eigenvalue weighted by Gasteiger charge is 2.43. The van der Waals surface area contributed by atoms with Gasteiger partial charge in [-0.3, -0.25) is 14.7 Å². The number of fused-ring (bicyclic) bond motifs is 1. The lowest BCUT2D eigenvalue weighted by molar-refractivity contribution is -0.139. The van der Waals surface area contributed by atoms with Crippen molar-refractivity contribution >= 4 is 5.91 Å². The molecule has 2 atom stereocenters. The molecule has 1 aromatic rings. The van der Waals surface area contributed by atoms with Crippen molar-refractivity contribution in [3.05, 3.63) is 29.6 Å². The minimum absolute atomic E-state index is 0.364. The van der Waals surface area contributed by atoms with Gasteiger partial charge in [-0.1, -0.05) is 6.07 Å². The summed E-state index contributed by atoms with van der Waals surface area (Å²) in [5.41, 5.74) is 2.22. The summed E-state index contributed by atoms with van der Waals surface area (Å²) in [6.45, 7) is 6.66. The van der Waals surface area contributed by atoms with E-state index in [1.807, 2.05) is 13.0 Å². The van der Waals surface area contributed by atoms with E-state index >= 15 is 0 Å². The van der Waals surface area contributed by atoms with E-state index in [0.717, 1.165) is 69.9 Å². The first-order valence-corrected chi connectivity index (χ1v) is 9.74. The minimum Gasteiger partial charge on any atom is -0.381 e. The number of piperidine rings is 1. The van der Waals surface area contributed by atoms with Gasteiger partial charge in [-0.05, 0) is 50.7 Å². The van der Waals surface area contributed by atoms with Crippen molar-refractivity contribution in [1.82, 2.24) is 14.8 Å². The Kier molecular flexibility index (Phi) is 5.04. The number of ether oxygens (including phenoxy) is 1. The number of carbonyl (C=O) groups excluding carboxylic acids is 1. The Morgan fingerprint density at radius 3 is 2.80 bits per heavy atom. The third-order valence-electron chi connectivity index (χ3n) is 6.11. The molecule has 3 aliphatic heterocycles. The van der Waals surface area contributed by atoms with Crippen molar-refractivity contribution in [2.24, 2.45) is 5.92 Å². The fourth-order valence-electron chi connectivity index (χ4n) is 4.77. The predicted molar refractivity (Wildman–Crippen MR) is 96.1 cm³/mol. The van der Waals surface area contributed by atoms with Gasteiger partial charge in [-0.15, -0.1) is 0 Å². The highest BCUT2D eigenvalue weighted by Crippen LogP contribution is 2.33. The molecule has 0 aliphatic carbocycles. The van der Waals surface area contributed by atoms with Gasteiger partial charge in [0.15, 0.2) is 0 Å². The van der Waals surface area contributed by atoms with Gasteiger partial charge in [0.1, 0.15) is 0 Å². The first-order chi connectivity index (χ1) is 12.2. The molecule has 0 spiro atoms. The van der Waals surface area contributed by atoms with Crippen LogP contribution in [0.25, 0.3) is 0 Å². The molecular formula is C20H29N3O2. The zero-order valence-corrected chi connectivity index (χ0v) is 15.2. The second-order valence-corrected chi connectivity index (χ2v) is 7.80. The summed E-state index contributed by atoms with van der Waals surface area (Å²) in [7, 11) is 0. The Labute approximate surface area is 150 Å². The molecule has 5 heteroatoms. The number of rotatable bonds is 4. The normalized spacial score (nSPS) is 28.4. The van der Waals surface area contributed by atoms with Crippen LogP contribution in [-0.4, -0.2) is 59.1 Å². The topological polar surface area (TPSA) is 45.7 Å². The molecule has 25 heavy (non-hydrogen) atoms. The Balaban J connectivity index is 1.43. The zero-order chi connectivity index (χ0) is 17.2. The van der Waals surface area contributed by atoms with Crippen LogP contribution in [0.4, 0.5) is 0 Å². The Morgan fingerprint density at radius 2 is 2.00 bits per heavy atom. The number of pyridine rings is 1. The van der Waals surface area contributed by atoms with E-state index < -0.39 is 0 Å². The first-order valence-electron chi connectivity index (χ1n) is 9.74. The lowest BCUT2D eigenvalue weighted by atomic mass is 9.92. The molecule has 5 nitrogen and oxygen atoms in total. The average Bonchev–Trinajstić information content (AvgIpc) is 3.01. The molecule has 0 N–H and O–H groups in total. The summed E-state index contributed by atoms with van der Waals surface area (Å²) < 4.78 is 5.48. The molecule has 3 aliphatic rings. The number of nitrogens with zero attached hydrogens (tertiary/aromatic N) is 3. The highest BCUT2D eigenvalue weighted by atomic mass is 16.5. The van der Waals surface area contributed by atoms with Crippen molar-refractivity contribution in [3.63, 3.8) is 0 Å². The van der Waals surface area contributed by atoms with Gasteiger partial charge in [0.2, 0.25) is 5.91 Å². The van der Waals surface area contributed by atoms with Crippen LogP contribution < -0.4 is 0 Å². The van der Waals surface area contributed by atoms with Crippen molar-refractivity contribution in [3.8, 4) is 0 Å². The maximum Gasteiger partial charge on any atom is 0.222 e. The smallest absolute Gasteiger partial charge is 0.222 e. The fraction of sp³-hybridized carbons (Fsp3) is 0.700. The average molecular weight is 343 g/mol. The Hall–Kier alpha value is -1.46. The number of likely N-dealkylation sites (tertiary alicyclic amines) is 2. The van der Waals surface area contributed by atoms with Crippen LogP contribution in [0.1, 0.15) is 43.5 Å². The number of aryl methyl sites for hydroxylation is 1. The molecule has 0 aromatic carbocycles. The van der Waals surface area contributed by atoms with Crippen molar-refractivity contribution in [2.45, 2.75) is 57.7 Å². The highest BCUT2D eigenvalue weighted by molar-refractivity contribution is 5.77. The maximum atomic E-state index is 12.6. The molecule has 3 saturated heterocycles. The van der Waals surface area contributed by atoms with Crippen LogP contribution >= 0.6 is 0 Å². The summed E-state index contributed by atoms with van der Waals surface area (Å²) in [6.07, 6.45) is 4.99. The third-order valence-corrected chi connectivity index (χ3v) is 6.11. The van der Waals surface area contributed by atoms with Gasteiger partial charge < -0.3 is 9.64 Å². The molecule has 136 valence electrons. The number of hydrogen-bond acceptors (Lipinski definition) is 4. The van der Waals surface area contributed by atoms with Gasteiger partial charge in [0.05, 0.1) is 5.69 Å². The summed E-state index contributed by atoms with van der Waals surface area (Å²) in [5, 5.41) is 0. The standard InChI is InChI=1S/C20H29N3O2/c1-15-3-2-4-17(21-15)14-22-10-7-19-18(22)5-6-20(24)23(19)13-16-8-11-25-12-9-16/h2-4,16,18-19H,5-14H2,1H3/t18-,19-/m1/s1. The SMILES string of the molecule is Cc1cccc(CN2CC[C@@H]3[C@H]2CCC(=O)N3CC2CCOCC2)n1. The summed E-state index contributed by atoms with van der Waals surface area (Å²) in [4.78, 5) is 22.0. The van der Waals surface area contributed by atoms with Gasteiger partial charge in [-0.25, -0.2) is 0 Å². The Morgan fingerprint density at radius 1 is 1.16 bits per heavy atom. The lowest BCUT2D eigenvalue weighted by Gasteiger charge is -2.42. The van der Waals surface area contributed by atoms with Gasteiger partial charge >= 0.3 is 0 Å². The monoisotopic (exact) mass is 343 g/mol. The second-order valence-electron chi connectivity index (χ2n) is 7.80. The van der Waals surface area contributed by atoms with Crippen LogP contribution in [-0.2, 0) is 16.1 Å². The van der Waals surface area contributed by atoms with E-state index in [0.29, 0.717) is 30.3 Å². The van der Waals surface area contributed by atoms with Crippen molar-refractivity contribution < 1.29 is 9.53 Å². The van der Waals surface area contributed by atoms with E-state index in [4.69, 9.17) is 4.74 Å². The summed E-state index contributed by atoms with van der Waals surface area (Å²) >= 11 is 0. The number of amides is 1. The van der Waals surface area contributed by atoms with Crippen molar-refractivity contribution in [1.29, 1.82) is 0 Å². The Bertz CT molecular complexity index is 615. The van der Waals surface area contributed by atoms with E-state index in [9.17, 15) is 4.79 Å². The molecule has 0 radical (unpaired) electrons. The minimum atomic E-state index is 0.364. The van der Waals surface area contributed by atoms with E-state index in [2.05, 4.69) is 26.9 Å². The van der Waals surface area contributed by atoms with E-state index in [1.54, 1.807) is 0 Å². The number of carbonyl (C=O) groups is 1. The maximum absolute atomic E-state index is 12.6. The van der Waals surface area contributed by atoms with Crippen LogP contribution in [0, 0.1) is 12.8 Å². The van der Waals surface area contributed by atoms with Crippen LogP contribution in [0.3, 0.4) is 0 Å². The third kappa shape index (κ3) is 3.72. The van der Waals surface area contributed by atoms with Crippen LogP contribution in [0.5, 0.6) is 0 Å². The van der Waals surface area contributed by atoms with E-state index in [1.165, 1.54) is 0 Å². The van der Waals surface area contributed by atoms with E-state index in [-0.39, 0.29) is 0 Å². The van der Waals surface area contributed by atoms with Crippen LogP contribution in [0.15, 0.2) is 18.2 Å². The predicted octanol–water partition coefficient (Wildman–Crippen LogP) is 2.38. The molecule has 1 amide bonds. The largest absolute Gasteiger partial charge is 0.381 e. The summed E-state index contributed by atoms with van der Waals surface area (Å²) in [6, 6.07) is 7.15. The molecule has 1 aromatic heterocycles. The van der Waals surface area contributed by atoms with Gasteiger partial charge in [-0.2, -0.15) is 0 Å². The van der Waals surface area contributed by atoms with Gasteiger partial charge in [0, 0.05) is 57.0 Å². The van der Waals surface area contributed by atoms with Crippen molar-refractivity contribution in [2.75, 3.05) is 26.3 Å². The molecule has 0 bridgehead atoms. The zero-order valence-electron chi connectivity index (χ0n) is 15.2. The molecule has 4 heterocycles. The van der Waals surface area contributed by atoms with Gasteiger partial charge in [0.25, 0.3) is 0 Å². The molecule has 3 fully saturated rings. The number of hydrogen-bond donors (Lipinski definition) is 0. The second kappa shape index (κ2) is 7.42. The number of aromatic nitrogens is 1. The van der Waals surface area contributed by atoms with Crippen LogP contribution in [0.2, 0.25) is 0 Å². The molecule has 4 rings (SSSR count). The lowest BCUT2D eigenvalue weighted by Crippen LogP contribution is -2.53. The molecule has 0 unspecified atom stereocenters.